The Morgan fingerprint density at radius 1 is 0.900 bits per heavy atom. The van der Waals surface area contributed by atoms with E-state index < -0.39 is 18.5 Å². The molecule has 0 spiro atoms. The van der Waals surface area contributed by atoms with Crippen LogP contribution in [-0.4, -0.2) is 37.5 Å². The summed E-state index contributed by atoms with van der Waals surface area (Å²) in [6.45, 7) is 4.50. The third kappa shape index (κ3) is 7.58. The lowest BCUT2D eigenvalue weighted by Gasteiger charge is -2.11. The normalized spacial score (nSPS) is 10.2. The molecule has 0 aliphatic carbocycles. The molecule has 0 radical (unpaired) electrons. The zero-order valence-corrected chi connectivity index (χ0v) is 17.3. The third-order valence-electron chi connectivity index (χ3n) is 4.03. The van der Waals surface area contributed by atoms with Gasteiger partial charge in [0.15, 0.2) is 12.4 Å². The Hall–Kier alpha value is -3.35. The SMILES string of the molecule is CCCOc1ccc(C(=O)CCC(=O)OCC(=O)Nc2ccccc2OCC)cc1. The number of esters is 1. The van der Waals surface area contributed by atoms with E-state index in [0.29, 0.717) is 36.0 Å². The number of amides is 1. The van der Waals surface area contributed by atoms with Crippen molar-refractivity contribution in [2.45, 2.75) is 33.1 Å². The van der Waals surface area contributed by atoms with Crippen molar-refractivity contribution in [1.82, 2.24) is 0 Å². The molecule has 1 N–H and O–H groups in total. The molecule has 0 atom stereocenters. The maximum absolute atomic E-state index is 12.2. The highest BCUT2D eigenvalue weighted by molar-refractivity contribution is 5.98. The van der Waals surface area contributed by atoms with Crippen LogP contribution < -0.4 is 14.8 Å². The van der Waals surface area contributed by atoms with Crippen LogP contribution in [0.1, 0.15) is 43.5 Å². The van der Waals surface area contributed by atoms with E-state index >= 15 is 0 Å². The van der Waals surface area contributed by atoms with Gasteiger partial charge in [-0.15, -0.1) is 0 Å². The fraction of sp³-hybridized carbons (Fsp3) is 0.348. The van der Waals surface area contributed by atoms with E-state index in [2.05, 4.69) is 5.32 Å². The lowest BCUT2D eigenvalue weighted by molar-refractivity contribution is -0.147. The highest BCUT2D eigenvalue weighted by Crippen LogP contribution is 2.23. The van der Waals surface area contributed by atoms with Crippen molar-refractivity contribution < 1.29 is 28.6 Å². The first-order chi connectivity index (χ1) is 14.5. The number of nitrogens with one attached hydrogen (secondary N) is 1. The Balaban J connectivity index is 1.74. The lowest BCUT2D eigenvalue weighted by Crippen LogP contribution is -2.21. The Labute approximate surface area is 176 Å². The molecule has 0 aromatic heterocycles. The highest BCUT2D eigenvalue weighted by Gasteiger charge is 2.13. The van der Waals surface area contributed by atoms with Gasteiger partial charge < -0.3 is 19.5 Å². The predicted molar refractivity (Wildman–Crippen MR) is 113 cm³/mol. The Kier molecular flexibility index (Phi) is 9.37. The van der Waals surface area contributed by atoms with Crippen LogP contribution in [0.5, 0.6) is 11.5 Å². The first-order valence-electron chi connectivity index (χ1n) is 9.96. The summed E-state index contributed by atoms with van der Waals surface area (Å²) < 4.78 is 15.9. The van der Waals surface area contributed by atoms with E-state index in [1.165, 1.54) is 0 Å². The number of hydrogen-bond acceptors (Lipinski definition) is 6. The average molecular weight is 413 g/mol. The summed E-state index contributed by atoms with van der Waals surface area (Å²) in [6.07, 6.45) is 0.804. The minimum atomic E-state index is -0.612. The van der Waals surface area contributed by atoms with Crippen molar-refractivity contribution >= 4 is 23.3 Å². The zero-order chi connectivity index (χ0) is 21.8. The number of rotatable bonds is 12. The van der Waals surface area contributed by atoms with Crippen molar-refractivity contribution in [3.8, 4) is 11.5 Å². The van der Waals surface area contributed by atoms with E-state index in [1.807, 2.05) is 13.8 Å². The maximum atomic E-state index is 12.2. The first-order valence-corrected chi connectivity index (χ1v) is 9.96. The van der Waals surface area contributed by atoms with Crippen molar-refractivity contribution in [2.75, 3.05) is 25.1 Å². The van der Waals surface area contributed by atoms with Gasteiger partial charge in [-0.1, -0.05) is 19.1 Å². The van der Waals surface area contributed by atoms with E-state index in [9.17, 15) is 14.4 Å². The van der Waals surface area contributed by atoms with Crippen LogP contribution >= 0.6 is 0 Å². The average Bonchev–Trinajstić information content (AvgIpc) is 2.76. The fourth-order valence-electron chi connectivity index (χ4n) is 2.57. The van der Waals surface area contributed by atoms with Gasteiger partial charge in [0.25, 0.3) is 5.91 Å². The zero-order valence-electron chi connectivity index (χ0n) is 17.3. The molecule has 0 fully saturated rings. The summed E-state index contributed by atoms with van der Waals surface area (Å²) >= 11 is 0. The molecule has 0 bridgehead atoms. The van der Waals surface area contributed by atoms with Gasteiger partial charge in [-0.25, -0.2) is 0 Å². The van der Waals surface area contributed by atoms with Gasteiger partial charge in [0, 0.05) is 12.0 Å². The number of anilines is 1. The van der Waals surface area contributed by atoms with Crippen molar-refractivity contribution in [3.63, 3.8) is 0 Å². The molecule has 0 saturated heterocycles. The Morgan fingerprint density at radius 2 is 1.63 bits per heavy atom. The second-order valence-corrected chi connectivity index (χ2v) is 6.43. The molecule has 2 aromatic rings. The first kappa shape index (κ1) is 22.9. The highest BCUT2D eigenvalue weighted by atomic mass is 16.5. The maximum Gasteiger partial charge on any atom is 0.306 e. The molecular weight excluding hydrogens is 386 g/mol. The van der Waals surface area contributed by atoms with Crippen LogP contribution in [0.4, 0.5) is 5.69 Å². The second kappa shape index (κ2) is 12.3. The van der Waals surface area contributed by atoms with E-state index in [4.69, 9.17) is 14.2 Å². The molecule has 0 unspecified atom stereocenters. The van der Waals surface area contributed by atoms with Gasteiger partial charge >= 0.3 is 5.97 Å². The van der Waals surface area contributed by atoms with Gasteiger partial charge in [0.05, 0.1) is 25.3 Å². The largest absolute Gasteiger partial charge is 0.494 e. The predicted octanol–water partition coefficient (Wildman–Crippen LogP) is 4.02. The number of ketones is 1. The Bertz CT molecular complexity index is 847. The third-order valence-corrected chi connectivity index (χ3v) is 4.03. The quantitative estimate of drug-likeness (QED) is 0.417. The van der Waals surface area contributed by atoms with Gasteiger partial charge in [-0.05, 0) is 49.7 Å². The van der Waals surface area contributed by atoms with Gasteiger partial charge in [0.2, 0.25) is 0 Å². The monoisotopic (exact) mass is 413 g/mol. The number of carbonyl (C=O) groups is 3. The summed E-state index contributed by atoms with van der Waals surface area (Å²) in [4.78, 5) is 36.1. The molecule has 2 rings (SSSR count). The second-order valence-electron chi connectivity index (χ2n) is 6.43. The number of ether oxygens (including phenoxy) is 3. The number of para-hydroxylation sites is 2. The van der Waals surface area contributed by atoms with Crippen molar-refractivity contribution in [1.29, 1.82) is 0 Å². The molecule has 2 aromatic carbocycles. The molecule has 7 nitrogen and oxygen atoms in total. The summed E-state index contributed by atoms with van der Waals surface area (Å²) in [5.41, 5.74) is 0.999. The summed E-state index contributed by atoms with van der Waals surface area (Å²) in [7, 11) is 0. The van der Waals surface area contributed by atoms with E-state index in [1.54, 1.807) is 48.5 Å². The number of Topliss-reactive ketones (excluding diaryl/α,β-unsaturated/α-hetero) is 1. The molecular formula is C23H27NO6. The molecule has 0 heterocycles. The summed E-state index contributed by atoms with van der Waals surface area (Å²) in [6, 6.07) is 13.8. The molecule has 30 heavy (non-hydrogen) atoms. The summed E-state index contributed by atoms with van der Waals surface area (Å²) in [5, 5.41) is 2.64. The summed E-state index contributed by atoms with van der Waals surface area (Å²) in [5.74, 6) is -0.0332. The number of carbonyl (C=O) groups excluding carboxylic acids is 3. The lowest BCUT2D eigenvalue weighted by atomic mass is 10.1. The Morgan fingerprint density at radius 3 is 2.33 bits per heavy atom. The van der Waals surface area contributed by atoms with E-state index in [0.717, 1.165) is 6.42 Å². The van der Waals surface area contributed by atoms with Crippen LogP contribution in [0.25, 0.3) is 0 Å². The molecule has 0 aliphatic heterocycles. The van der Waals surface area contributed by atoms with Gasteiger partial charge in [0.1, 0.15) is 11.5 Å². The smallest absolute Gasteiger partial charge is 0.306 e. The van der Waals surface area contributed by atoms with Crippen molar-refractivity contribution in [2.24, 2.45) is 0 Å². The number of benzene rings is 2. The van der Waals surface area contributed by atoms with E-state index in [-0.39, 0.29) is 18.6 Å². The molecule has 7 heteroatoms. The topological polar surface area (TPSA) is 90.9 Å². The minimum absolute atomic E-state index is 0.00277. The minimum Gasteiger partial charge on any atom is -0.494 e. The van der Waals surface area contributed by atoms with Crippen LogP contribution in [0.3, 0.4) is 0 Å². The fourth-order valence-corrected chi connectivity index (χ4v) is 2.57. The van der Waals surface area contributed by atoms with Gasteiger partial charge in [-0.2, -0.15) is 0 Å². The molecule has 160 valence electrons. The van der Waals surface area contributed by atoms with Crippen LogP contribution in [0.2, 0.25) is 0 Å². The van der Waals surface area contributed by atoms with Crippen LogP contribution in [0.15, 0.2) is 48.5 Å². The van der Waals surface area contributed by atoms with Crippen molar-refractivity contribution in [3.05, 3.63) is 54.1 Å². The van der Waals surface area contributed by atoms with Crippen LogP contribution in [0, 0.1) is 0 Å². The van der Waals surface area contributed by atoms with Gasteiger partial charge in [-0.3, -0.25) is 14.4 Å². The van der Waals surface area contributed by atoms with Crippen LogP contribution in [-0.2, 0) is 14.3 Å². The molecule has 1 amide bonds. The molecule has 0 aliphatic rings. The molecule has 0 saturated carbocycles. The number of hydrogen-bond donors (Lipinski definition) is 1. The standard InChI is InChI=1S/C23H27NO6/c1-3-15-29-18-11-9-17(10-12-18)20(25)13-14-23(27)30-16-22(26)24-19-7-5-6-8-21(19)28-4-2/h5-12H,3-4,13-16H2,1-2H3,(H,24,26).